The van der Waals surface area contributed by atoms with E-state index in [9.17, 15) is 0 Å². The van der Waals surface area contributed by atoms with Gasteiger partial charge in [0.2, 0.25) is 0 Å². The molecule has 0 aromatic rings. The van der Waals surface area contributed by atoms with E-state index < -0.39 is 0 Å². The molecule has 9 heavy (non-hydrogen) atoms. The Hall–Kier alpha value is -0.950. The summed E-state index contributed by atoms with van der Waals surface area (Å²) >= 11 is 0. The summed E-state index contributed by atoms with van der Waals surface area (Å²) in [7, 11) is 0. The molecule has 0 heterocycles. The summed E-state index contributed by atoms with van der Waals surface area (Å²) in [6, 6.07) is 2.08. The third-order valence-electron chi connectivity index (χ3n) is 0.892. The Morgan fingerprint density at radius 2 is 2.00 bits per heavy atom. The van der Waals surface area contributed by atoms with Gasteiger partial charge in [0.05, 0.1) is 6.07 Å². The van der Waals surface area contributed by atoms with Crippen molar-refractivity contribution in [3.8, 4) is 17.9 Å². The van der Waals surface area contributed by atoms with Gasteiger partial charge in [0, 0.05) is 19.3 Å². The molecule has 0 aliphatic carbocycles. The summed E-state index contributed by atoms with van der Waals surface area (Å²) in [6.07, 6.45) is 3.36. The summed E-state index contributed by atoms with van der Waals surface area (Å²) in [5.41, 5.74) is 0. The normalized spacial score (nSPS) is 7.11. The van der Waals surface area contributed by atoms with E-state index in [0.717, 1.165) is 19.3 Å². The van der Waals surface area contributed by atoms with Crippen LogP contribution in [0.3, 0.4) is 0 Å². The van der Waals surface area contributed by atoms with Crippen LogP contribution in [0, 0.1) is 23.2 Å². The Labute approximate surface area is 56.7 Å². The predicted molar refractivity (Wildman–Crippen MR) is 37.5 cm³/mol. The number of hydrogen-bond acceptors (Lipinski definition) is 1. The van der Waals surface area contributed by atoms with E-state index >= 15 is 0 Å². The zero-order valence-electron chi connectivity index (χ0n) is 5.78. The SMILES string of the molecule is CCC#CCCCC#N. The van der Waals surface area contributed by atoms with Crippen LogP contribution in [0.4, 0.5) is 0 Å². The number of nitriles is 1. The van der Waals surface area contributed by atoms with Crippen molar-refractivity contribution in [2.75, 3.05) is 0 Å². The van der Waals surface area contributed by atoms with Crippen LogP contribution in [0.25, 0.3) is 0 Å². The number of unbranched alkanes of at least 4 members (excludes halogenated alkanes) is 2. The summed E-state index contributed by atoms with van der Waals surface area (Å²) in [4.78, 5) is 0. The molecule has 1 heteroatoms. The molecule has 0 radical (unpaired) electrons. The van der Waals surface area contributed by atoms with Crippen molar-refractivity contribution in [2.24, 2.45) is 0 Å². The minimum Gasteiger partial charge on any atom is -0.198 e. The molecule has 0 fully saturated rings. The van der Waals surface area contributed by atoms with Crippen LogP contribution in [0.5, 0.6) is 0 Å². The van der Waals surface area contributed by atoms with E-state index in [1.165, 1.54) is 0 Å². The maximum Gasteiger partial charge on any atom is 0.0622 e. The lowest BCUT2D eigenvalue weighted by molar-refractivity contribution is 0.893. The Kier molecular flexibility index (Phi) is 6.31. The quantitative estimate of drug-likeness (QED) is 0.405. The first-order chi connectivity index (χ1) is 4.41. The van der Waals surface area contributed by atoms with Gasteiger partial charge in [0.1, 0.15) is 0 Å². The molecule has 48 valence electrons. The molecular formula is C8H11N. The zero-order valence-corrected chi connectivity index (χ0v) is 5.78. The van der Waals surface area contributed by atoms with Gasteiger partial charge in [-0.2, -0.15) is 5.26 Å². The summed E-state index contributed by atoms with van der Waals surface area (Å²) in [5.74, 6) is 5.92. The van der Waals surface area contributed by atoms with Crippen molar-refractivity contribution < 1.29 is 0 Å². The molecule has 0 unspecified atom stereocenters. The van der Waals surface area contributed by atoms with E-state index in [0.29, 0.717) is 6.42 Å². The third-order valence-corrected chi connectivity index (χ3v) is 0.892. The van der Waals surface area contributed by atoms with Gasteiger partial charge < -0.3 is 0 Å². The van der Waals surface area contributed by atoms with Crippen molar-refractivity contribution in [2.45, 2.75) is 32.6 Å². The van der Waals surface area contributed by atoms with E-state index in [1.807, 2.05) is 6.92 Å². The van der Waals surface area contributed by atoms with Gasteiger partial charge in [-0.05, 0) is 6.42 Å². The molecule has 0 aromatic heterocycles. The average Bonchev–Trinajstić information content (AvgIpc) is 1.89. The van der Waals surface area contributed by atoms with Crippen LogP contribution in [-0.4, -0.2) is 0 Å². The second kappa shape index (κ2) is 7.05. The highest BCUT2D eigenvalue weighted by Crippen LogP contribution is 1.90. The Morgan fingerprint density at radius 3 is 2.56 bits per heavy atom. The van der Waals surface area contributed by atoms with Gasteiger partial charge >= 0.3 is 0 Å². The van der Waals surface area contributed by atoms with Gasteiger partial charge in [-0.25, -0.2) is 0 Å². The van der Waals surface area contributed by atoms with Crippen molar-refractivity contribution in [3.63, 3.8) is 0 Å². The minimum absolute atomic E-state index is 0.637. The van der Waals surface area contributed by atoms with Crippen LogP contribution in [0.2, 0.25) is 0 Å². The summed E-state index contributed by atoms with van der Waals surface area (Å²) in [5, 5.41) is 8.12. The van der Waals surface area contributed by atoms with Crippen molar-refractivity contribution in [3.05, 3.63) is 0 Å². The fourth-order valence-corrected chi connectivity index (χ4v) is 0.469. The Morgan fingerprint density at radius 1 is 1.22 bits per heavy atom. The maximum absolute atomic E-state index is 8.12. The molecule has 0 aliphatic rings. The summed E-state index contributed by atoms with van der Waals surface area (Å²) < 4.78 is 0. The fourth-order valence-electron chi connectivity index (χ4n) is 0.469. The Bertz CT molecular complexity index is 142. The number of nitrogens with zero attached hydrogens (tertiary/aromatic N) is 1. The highest BCUT2D eigenvalue weighted by atomic mass is 14.2. The van der Waals surface area contributed by atoms with Gasteiger partial charge in [-0.15, -0.1) is 11.8 Å². The Balaban J connectivity index is 3.01. The van der Waals surface area contributed by atoms with Crippen molar-refractivity contribution >= 4 is 0 Å². The second-order valence-electron chi connectivity index (χ2n) is 1.72. The molecule has 0 rings (SSSR count). The van der Waals surface area contributed by atoms with E-state index in [1.54, 1.807) is 0 Å². The maximum atomic E-state index is 8.12. The number of hydrogen-bond donors (Lipinski definition) is 0. The molecule has 0 saturated carbocycles. The standard InChI is InChI=1S/C8H11N/c1-2-3-4-5-6-7-8-9/h2,5-7H2,1H3. The minimum atomic E-state index is 0.637. The first-order valence-corrected chi connectivity index (χ1v) is 3.24. The fraction of sp³-hybridized carbons (Fsp3) is 0.625. The van der Waals surface area contributed by atoms with Gasteiger partial charge in [0.25, 0.3) is 0 Å². The van der Waals surface area contributed by atoms with Gasteiger partial charge in [-0.3, -0.25) is 0 Å². The van der Waals surface area contributed by atoms with Crippen molar-refractivity contribution in [1.82, 2.24) is 0 Å². The topological polar surface area (TPSA) is 23.8 Å². The van der Waals surface area contributed by atoms with Gasteiger partial charge in [-0.1, -0.05) is 6.92 Å². The zero-order chi connectivity index (χ0) is 6.95. The lowest BCUT2D eigenvalue weighted by Crippen LogP contribution is -1.68. The summed E-state index contributed by atoms with van der Waals surface area (Å²) in [6.45, 7) is 2.03. The molecule has 0 N–H and O–H groups in total. The molecule has 1 nitrogen and oxygen atoms in total. The molecule has 0 atom stereocenters. The third kappa shape index (κ3) is 7.05. The molecule has 0 spiro atoms. The highest BCUT2D eigenvalue weighted by Gasteiger charge is 1.78. The molecule has 0 saturated heterocycles. The molecule has 0 amide bonds. The van der Waals surface area contributed by atoms with E-state index in [-0.39, 0.29) is 0 Å². The van der Waals surface area contributed by atoms with Gasteiger partial charge in [0.15, 0.2) is 0 Å². The molecule has 0 aliphatic heterocycles. The van der Waals surface area contributed by atoms with E-state index in [2.05, 4.69) is 17.9 Å². The average molecular weight is 121 g/mol. The number of rotatable bonds is 2. The van der Waals surface area contributed by atoms with Crippen LogP contribution in [-0.2, 0) is 0 Å². The molecule has 0 aromatic carbocycles. The second-order valence-corrected chi connectivity index (χ2v) is 1.72. The lowest BCUT2D eigenvalue weighted by Gasteiger charge is -1.80. The monoisotopic (exact) mass is 121 g/mol. The largest absolute Gasteiger partial charge is 0.198 e. The molecule has 0 bridgehead atoms. The van der Waals surface area contributed by atoms with Crippen molar-refractivity contribution in [1.29, 1.82) is 5.26 Å². The lowest BCUT2D eigenvalue weighted by atomic mass is 10.2. The highest BCUT2D eigenvalue weighted by molar-refractivity contribution is 4.97. The van der Waals surface area contributed by atoms with Crippen LogP contribution in [0.15, 0.2) is 0 Å². The van der Waals surface area contributed by atoms with Crippen LogP contribution >= 0.6 is 0 Å². The molecular weight excluding hydrogens is 110 g/mol. The first kappa shape index (κ1) is 8.05. The first-order valence-electron chi connectivity index (χ1n) is 3.24. The van der Waals surface area contributed by atoms with E-state index in [4.69, 9.17) is 5.26 Å². The predicted octanol–water partition coefficient (Wildman–Crippen LogP) is 2.09. The van der Waals surface area contributed by atoms with Crippen LogP contribution in [0.1, 0.15) is 32.6 Å². The smallest absolute Gasteiger partial charge is 0.0622 e. The van der Waals surface area contributed by atoms with Crippen LogP contribution < -0.4 is 0 Å².